The van der Waals surface area contributed by atoms with Crippen LogP contribution < -0.4 is 32.7 Å². The third-order valence-corrected chi connectivity index (χ3v) is 9.67. The molecule has 1 heterocycles. The Labute approximate surface area is 276 Å². The van der Waals surface area contributed by atoms with Crippen LogP contribution in [0.15, 0.2) is 85.7 Å². The lowest BCUT2D eigenvalue weighted by atomic mass is 10.1. The summed E-state index contributed by atoms with van der Waals surface area (Å²) >= 11 is 0. The minimum atomic E-state index is -4.65. The Hall–Kier alpha value is -5.41. The second-order valence-electron chi connectivity index (χ2n) is 10.3. The molecular formula is C33H30O13S2. The van der Waals surface area contributed by atoms with Crippen LogP contribution in [-0.4, -0.2) is 50.4 Å². The van der Waals surface area contributed by atoms with Crippen molar-refractivity contribution in [2.24, 2.45) is 0 Å². The van der Waals surface area contributed by atoms with E-state index in [0.29, 0.717) is 0 Å². The maximum Gasteiger partial charge on any atom is 0.339 e. The van der Waals surface area contributed by atoms with Crippen molar-refractivity contribution >= 4 is 31.2 Å². The summed E-state index contributed by atoms with van der Waals surface area (Å²) in [7, 11) is -4.04. The first-order chi connectivity index (χ1) is 22.8. The van der Waals surface area contributed by atoms with Gasteiger partial charge in [-0.15, -0.1) is 0 Å². The number of methoxy groups -OCH3 is 4. The Kier molecular flexibility index (Phi) is 9.19. The largest absolute Gasteiger partial charge is 0.502 e. The van der Waals surface area contributed by atoms with Crippen molar-refractivity contribution in [2.45, 2.75) is 23.6 Å². The van der Waals surface area contributed by atoms with Crippen LogP contribution in [0, 0.1) is 13.8 Å². The Morgan fingerprint density at radius 1 is 0.604 bits per heavy atom. The fourth-order valence-electron chi connectivity index (χ4n) is 4.77. The highest BCUT2D eigenvalue weighted by Gasteiger charge is 2.32. The smallest absolute Gasteiger partial charge is 0.339 e. The molecule has 0 radical (unpaired) electrons. The molecule has 0 bridgehead atoms. The van der Waals surface area contributed by atoms with Gasteiger partial charge in [-0.2, -0.15) is 16.8 Å². The highest BCUT2D eigenvalue weighted by molar-refractivity contribution is 7.87. The Bertz CT molecular complexity index is 2290. The second kappa shape index (κ2) is 13.0. The number of aromatic hydroxyl groups is 1. The number of benzene rings is 4. The Morgan fingerprint density at radius 2 is 1.12 bits per heavy atom. The van der Waals surface area contributed by atoms with Crippen LogP contribution >= 0.6 is 0 Å². The molecule has 0 unspecified atom stereocenters. The molecule has 252 valence electrons. The van der Waals surface area contributed by atoms with E-state index in [1.807, 2.05) is 0 Å². The number of ether oxygens (including phenoxy) is 4. The summed E-state index contributed by atoms with van der Waals surface area (Å²) in [5, 5.41) is 10.5. The van der Waals surface area contributed by atoms with Crippen molar-refractivity contribution in [3.63, 3.8) is 0 Å². The van der Waals surface area contributed by atoms with Gasteiger partial charge >= 0.3 is 20.2 Å². The minimum Gasteiger partial charge on any atom is -0.502 e. The van der Waals surface area contributed by atoms with E-state index in [9.17, 15) is 26.7 Å². The monoisotopic (exact) mass is 698 g/mol. The van der Waals surface area contributed by atoms with Gasteiger partial charge in [0.05, 0.1) is 28.4 Å². The topological polar surface area (TPSA) is 174 Å². The highest BCUT2D eigenvalue weighted by atomic mass is 32.2. The number of aryl methyl sites for hydroxylation is 2. The molecule has 5 aromatic rings. The standard InChI is InChI=1S/C33H30O13S2/c1-18-7-12-21(13-8-18)47(36,37)45-23-16-11-20(17-24(23)40-3)28-32(46-48(38,39)22-14-9-19(2)10-15-22)26(34)25-29(41-4)27(35)31(42-5)33(43-6)30(25)44-28/h7-17,35H,1-6H3. The molecule has 4 aromatic carbocycles. The van der Waals surface area contributed by atoms with Crippen molar-refractivity contribution < 1.29 is 53.7 Å². The summed E-state index contributed by atoms with van der Waals surface area (Å²) in [6.45, 7) is 3.57. The lowest BCUT2D eigenvalue weighted by Gasteiger charge is -2.18. The summed E-state index contributed by atoms with van der Waals surface area (Å²) in [6, 6.07) is 15.5. The molecule has 0 aliphatic carbocycles. The highest BCUT2D eigenvalue weighted by Crippen LogP contribution is 2.51. The van der Waals surface area contributed by atoms with E-state index in [1.54, 1.807) is 38.1 Å². The Balaban J connectivity index is 1.77. The van der Waals surface area contributed by atoms with Gasteiger partial charge in [0.1, 0.15) is 15.2 Å². The summed E-state index contributed by atoms with van der Waals surface area (Å²) in [5.41, 5.74) is 0.284. The van der Waals surface area contributed by atoms with E-state index in [2.05, 4.69) is 0 Å². The molecule has 0 fully saturated rings. The number of hydrogen-bond acceptors (Lipinski definition) is 13. The van der Waals surface area contributed by atoms with Crippen LogP contribution in [0.1, 0.15) is 11.1 Å². The van der Waals surface area contributed by atoms with Crippen molar-refractivity contribution in [1.82, 2.24) is 0 Å². The minimum absolute atomic E-state index is 0.00750. The predicted molar refractivity (Wildman–Crippen MR) is 174 cm³/mol. The van der Waals surface area contributed by atoms with Crippen molar-refractivity contribution in [1.29, 1.82) is 0 Å². The predicted octanol–water partition coefficient (Wildman–Crippen LogP) is 5.35. The van der Waals surface area contributed by atoms with Crippen LogP contribution in [0.3, 0.4) is 0 Å². The maximum atomic E-state index is 14.2. The first-order valence-corrected chi connectivity index (χ1v) is 16.8. The van der Waals surface area contributed by atoms with E-state index in [-0.39, 0.29) is 43.9 Å². The van der Waals surface area contributed by atoms with Crippen LogP contribution in [-0.2, 0) is 20.2 Å². The van der Waals surface area contributed by atoms with E-state index >= 15 is 0 Å². The molecule has 0 aliphatic heterocycles. The molecular weight excluding hydrogens is 668 g/mol. The summed E-state index contributed by atoms with van der Waals surface area (Å²) in [5.74, 6) is -3.04. The lowest BCUT2D eigenvalue weighted by Crippen LogP contribution is -2.17. The first kappa shape index (κ1) is 33.9. The van der Waals surface area contributed by atoms with Gasteiger partial charge in [0.15, 0.2) is 28.6 Å². The zero-order chi connectivity index (χ0) is 35.0. The summed E-state index contributed by atoms with van der Waals surface area (Å²) < 4.78 is 91.4. The molecule has 0 saturated carbocycles. The van der Waals surface area contributed by atoms with Gasteiger partial charge in [0.2, 0.25) is 28.4 Å². The van der Waals surface area contributed by atoms with E-state index in [4.69, 9.17) is 31.7 Å². The number of phenolic OH excluding ortho intramolecular Hbond substituents is 1. The zero-order valence-electron chi connectivity index (χ0n) is 26.5. The molecule has 15 heteroatoms. The van der Waals surface area contributed by atoms with E-state index in [1.165, 1.54) is 70.9 Å². The molecule has 1 aromatic heterocycles. The van der Waals surface area contributed by atoms with Crippen LogP contribution in [0.4, 0.5) is 0 Å². The van der Waals surface area contributed by atoms with E-state index < -0.39 is 54.1 Å². The van der Waals surface area contributed by atoms with Crippen LogP contribution in [0.2, 0.25) is 0 Å². The average Bonchev–Trinajstić information content (AvgIpc) is 3.06. The van der Waals surface area contributed by atoms with Gasteiger partial charge < -0.3 is 36.8 Å². The summed E-state index contributed by atoms with van der Waals surface area (Å²) in [6.07, 6.45) is 0. The number of rotatable bonds is 11. The summed E-state index contributed by atoms with van der Waals surface area (Å²) in [4.78, 5) is 13.8. The van der Waals surface area contributed by atoms with Crippen molar-refractivity contribution in [2.75, 3.05) is 28.4 Å². The average molecular weight is 699 g/mol. The fraction of sp³-hybridized carbons (Fsp3) is 0.182. The van der Waals surface area contributed by atoms with Gasteiger partial charge in [-0.05, 0) is 56.3 Å². The zero-order valence-corrected chi connectivity index (χ0v) is 28.1. The van der Waals surface area contributed by atoms with Crippen molar-refractivity contribution in [3.8, 4) is 51.6 Å². The molecule has 0 atom stereocenters. The van der Waals surface area contributed by atoms with E-state index in [0.717, 1.165) is 11.1 Å². The third-order valence-electron chi connectivity index (χ3n) is 7.19. The molecule has 5 rings (SSSR count). The maximum absolute atomic E-state index is 14.2. The normalized spacial score (nSPS) is 11.6. The number of phenols is 1. The molecule has 0 saturated heterocycles. The number of fused-ring (bicyclic) bond motifs is 1. The third kappa shape index (κ3) is 6.16. The molecule has 1 N–H and O–H groups in total. The SMILES string of the molecule is COc1cc(-c2oc3c(OC)c(OC)c(O)c(OC)c3c(=O)c2OS(=O)(=O)c2ccc(C)cc2)ccc1OS(=O)(=O)c1ccc(C)cc1. The van der Waals surface area contributed by atoms with Crippen molar-refractivity contribution in [3.05, 3.63) is 88.1 Å². The molecule has 0 aliphatic rings. The van der Waals surface area contributed by atoms with Gasteiger partial charge in [0, 0.05) is 5.56 Å². The van der Waals surface area contributed by atoms with Crippen LogP contribution in [0.25, 0.3) is 22.3 Å². The molecule has 0 amide bonds. The fourth-order valence-corrected chi connectivity index (χ4v) is 6.64. The Morgan fingerprint density at radius 3 is 1.62 bits per heavy atom. The molecule has 48 heavy (non-hydrogen) atoms. The quantitative estimate of drug-likeness (QED) is 0.175. The van der Waals surface area contributed by atoms with Gasteiger partial charge in [-0.3, -0.25) is 4.79 Å². The first-order valence-electron chi connectivity index (χ1n) is 14.0. The number of hydrogen-bond donors (Lipinski definition) is 1. The van der Waals surface area contributed by atoms with Gasteiger partial charge in [-0.25, -0.2) is 0 Å². The van der Waals surface area contributed by atoms with Gasteiger partial charge in [-0.1, -0.05) is 35.4 Å². The molecule has 0 spiro atoms. The molecule has 13 nitrogen and oxygen atoms in total. The lowest BCUT2D eigenvalue weighted by molar-refractivity contribution is 0.316. The van der Waals surface area contributed by atoms with Crippen LogP contribution in [0.5, 0.6) is 40.2 Å². The second-order valence-corrected chi connectivity index (χ2v) is 13.4. The van der Waals surface area contributed by atoms with Gasteiger partial charge in [0.25, 0.3) is 0 Å².